The number of fused-ring (bicyclic) bond motifs is 2. The average Bonchev–Trinajstić information content (AvgIpc) is 3.26. The molecule has 0 bridgehead atoms. The number of hydrogen-bond donors (Lipinski definition) is 0. The second-order valence-corrected chi connectivity index (χ2v) is 7.75. The molecule has 1 aliphatic rings. The molecule has 0 saturated carbocycles. The summed E-state index contributed by atoms with van der Waals surface area (Å²) in [6.45, 7) is 3.24. The SMILES string of the molecule is COC(=O)c1nc(N2CCN(c3ccc4ccccc4n3)CC2)c2sccc2n1. The van der Waals surface area contributed by atoms with Crippen molar-refractivity contribution in [1.82, 2.24) is 15.0 Å². The smallest absolute Gasteiger partial charge is 0.376 e. The van der Waals surface area contributed by atoms with Gasteiger partial charge in [-0.1, -0.05) is 18.2 Å². The van der Waals surface area contributed by atoms with Crippen molar-refractivity contribution in [2.24, 2.45) is 0 Å². The highest BCUT2D eigenvalue weighted by Gasteiger charge is 2.24. The number of ether oxygens (including phenoxy) is 1. The van der Waals surface area contributed by atoms with E-state index in [1.165, 1.54) is 7.11 Å². The van der Waals surface area contributed by atoms with E-state index >= 15 is 0 Å². The van der Waals surface area contributed by atoms with Crippen LogP contribution in [0.5, 0.6) is 0 Å². The normalized spacial score (nSPS) is 14.5. The number of pyridine rings is 1. The minimum Gasteiger partial charge on any atom is -0.463 e. The number of aromatic nitrogens is 3. The first-order valence-corrected chi connectivity index (χ1v) is 10.3. The third-order valence-electron chi connectivity index (χ3n) is 5.14. The number of benzene rings is 1. The van der Waals surface area contributed by atoms with Crippen LogP contribution in [0.4, 0.5) is 11.6 Å². The van der Waals surface area contributed by atoms with E-state index in [2.05, 4.69) is 38.0 Å². The predicted molar refractivity (Wildman–Crippen MR) is 115 cm³/mol. The summed E-state index contributed by atoms with van der Waals surface area (Å²) >= 11 is 1.59. The number of hydrogen-bond acceptors (Lipinski definition) is 8. The molecule has 0 aliphatic carbocycles. The Labute approximate surface area is 171 Å². The summed E-state index contributed by atoms with van der Waals surface area (Å²) in [7, 11) is 1.35. The van der Waals surface area contributed by atoms with E-state index in [0.717, 1.165) is 58.9 Å². The summed E-state index contributed by atoms with van der Waals surface area (Å²) in [6, 6.07) is 14.3. The molecule has 0 amide bonds. The summed E-state index contributed by atoms with van der Waals surface area (Å²) in [5.74, 6) is 1.38. The van der Waals surface area contributed by atoms with E-state index < -0.39 is 5.97 Å². The number of esters is 1. The Hall–Kier alpha value is -3.26. The van der Waals surface area contributed by atoms with Gasteiger partial charge in [0.1, 0.15) is 5.82 Å². The number of thiophene rings is 1. The van der Waals surface area contributed by atoms with Gasteiger partial charge < -0.3 is 14.5 Å². The van der Waals surface area contributed by atoms with E-state index in [4.69, 9.17) is 9.72 Å². The van der Waals surface area contributed by atoms with Gasteiger partial charge in [-0.2, -0.15) is 0 Å². The molecule has 0 spiro atoms. The molecule has 5 rings (SSSR count). The predicted octanol–water partition coefficient (Wildman–Crippen LogP) is 3.35. The molecule has 0 unspecified atom stereocenters. The van der Waals surface area contributed by atoms with Gasteiger partial charge in [0.05, 0.1) is 22.8 Å². The van der Waals surface area contributed by atoms with E-state index in [1.54, 1.807) is 11.3 Å². The fourth-order valence-electron chi connectivity index (χ4n) is 3.62. The standard InChI is InChI=1S/C21H19N5O2S/c1-28-21(27)19-23-16-8-13-29-18(16)20(24-19)26-11-9-25(10-12-26)17-7-6-14-4-2-3-5-15(14)22-17/h2-8,13H,9-12H2,1H3. The molecule has 3 aromatic heterocycles. The van der Waals surface area contributed by atoms with Crippen LogP contribution in [0.15, 0.2) is 47.8 Å². The van der Waals surface area contributed by atoms with Gasteiger partial charge in [-0.3, -0.25) is 0 Å². The van der Waals surface area contributed by atoms with Gasteiger partial charge >= 0.3 is 5.97 Å². The van der Waals surface area contributed by atoms with Crippen LogP contribution in [-0.4, -0.2) is 54.2 Å². The maximum Gasteiger partial charge on any atom is 0.376 e. The van der Waals surface area contributed by atoms with Crippen LogP contribution in [0.2, 0.25) is 0 Å². The first-order valence-electron chi connectivity index (χ1n) is 9.42. The van der Waals surface area contributed by atoms with Gasteiger partial charge in [0.2, 0.25) is 5.82 Å². The van der Waals surface area contributed by atoms with Gasteiger partial charge in [-0.25, -0.2) is 19.7 Å². The van der Waals surface area contributed by atoms with Crippen molar-refractivity contribution in [2.75, 3.05) is 43.1 Å². The zero-order valence-electron chi connectivity index (χ0n) is 15.9. The Morgan fingerprint density at radius 3 is 2.55 bits per heavy atom. The lowest BCUT2D eigenvalue weighted by Gasteiger charge is -2.36. The van der Waals surface area contributed by atoms with Gasteiger partial charge in [0.25, 0.3) is 0 Å². The van der Waals surface area contributed by atoms with E-state index in [1.807, 2.05) is 29.6 Å². The number of piperazine rings is 1. The van der Waals surface area contributed by atoms with E-state index in [9.17, 15) is 4.79 Å². The number of nitrogens with zero attached hydrogens (tertiary/aromatic N) is 5. The third kappa shape index (κ3) is 3.25. The Kier molecular flexibility index (Phi) is 4.48. The van der Waals surface area contributed by atoms with Crippen LogP contribution >= 0.6 is 11.3 Å². The summed E-state index contributed by atoms with van der Waals surface area (Å²) < 4.78 is 5.81. The van der Waals surface area contributed by atoms with Crippen molar-refractivity contribution in [3.8, 4) is 0 Å². The maximum absolute atomic E-state index is 12.0. The summed E-state index contributed by atoms with van der Waals surface area (Å²) in [5.41, 5.74) is 1.78. The van der Waals surface area contributed by atoms with Crippen molar-refractivity contribution in [3.05, 3.63) is 53.7 Å². The Morgan fingerprint density at radius 2 is 1.72 bits per heavy atom. The lowest BCUT2D eigenvalue weighted by atomic mass is 10.2. The number of anilines is 2. The highest BCUT2D eigenvalue weighted by molar-refractivity contribution is 7.17. The molecule has 146 valence electrons. The number of carbonyl (C=O) groups excluding carboxylic acids is 1. The molecular weight excluding hydrogens is 386 g/mol. The van der Waals surface area contributed by atoms with Gasteiger partial charge in [-0.15, -0.1) is 11.3 Å². The summed E-state index contributed by atoms with van der Waals surface area (Å²) in [4.78, 5) is 30.1. The van der Waals surface area contributed by atoms with Crippen molar-refractivity contribution in [2.45, 2.75) is 0 Å². The summed E-state index contributed by atoms with van der Waals surface area (Å²) in [5, 5.41) is 3.12. The van der Waals surface area contributed by atoms with Crippen molar-refractivity contribution in [3.63, 3.8) is 0 Å². The van der Waals surface area contributed by atoms with Crippen LogP contribution in [0, 0.1) is 0 Å². The Balaban J connectivity index is 1.40. The lowest BCUT2D eigenvalue weighted by Crippen LogP contribution is -2.47. The number of rotatable bonds is 3. The second-order valence-electron chi connectivity index (χ2n) is 6.83. The molecule has 4 heterocycles. The monoisotopic (exact) mass is 405 g/mol. The van der Waals surface area contributed by atoms with Gasteiger partial charge in [0, 0.05) is 31.6 Å². The van der Waals surface area contributed by atoms with Crippen LogP contribution in [0.1, 0.15) is 10.6 Å². The second kappa shape index (κ2) is 7.29. The van der Waals surface area contributed by atoms with Crippen molar-refractivity contribution in [1.29, 1.82) is 0 Å². The third-order valence-corrected chi connectivity index (χ3v) is 6.04. The zero-order valence-corrected chi connectivity index (χ0v) is 16.7. The quantitative estimate of drug-likeness (QED) is 0.484. The molecule has 7 nitrogen and oxygen atoms in total. The fourth-order valence-corrected chi connectivity index (χ4v) is 4.47. The molecular formula is C21H19N5O2S. The molecule has 1 saturated heterocycles. The molecule has 8 heteroatoms. The van der Waals surface area contributed by atoms with Crippen LogP contribution in [0.25, 0.3) is 21.1 Å². The van der Waals surface area contributed by atoms with Crippen molar-refractivity contribution < 1.29 is 9.53 Å². The molecule has 1 fully saturated rings. The average molecular weight is 405 g/mol. The lowest BCUT2D eigenvalue weighted by molar-refractivity contribution is 0.0587. The van der Waals surface area contributed by atoms with E-state index in [0.29, 0.717) is 0 Å². The number of carbonyl (C=O) groups is 1. The van der Waals surface area contributed by atoms with Crippen LogP contribution < -0.4 is 9.80 Å². The molecule has 29 heavy (non-hydrogen) atoms. The Bertz CT molecular complexity index is 1200. The highest BCUT2D eigenvalue weighted by atomic mass is 32.1. The fraction of sp³-hybridized carbons (Fsp3) is 0.238. The number of para-hydroxylation sites is 1. The number of methoxy groups -OCH3 is 1. The zero-order chi connectivity index (χ0) is 19.8. The van der Waals surface area contributed by atoms with Crippen LogP contribution in [-0.2, 0) is 4.74 Å². The molecule has 4 aromatic rings. The maximum atomic E-state index is 12.0. The minimum absolute atomic E-state index is 0.104. The van der Waals surface area contributed by atoms with Gasteiger partial charge in [0.15, 0.2) is 5.82 Å². The molecule has 1 aliphatic heterocycles. The molecule has 0 N–H and O–H groups in total. The topological polar surface area (TPSA) is 71.5 Å². The largest absolute Gasteiger partial charge is 0.463 e. The molecule has 1 aromatic carbocycles. The summed E-state index contributed by atoms with van der Waals surface area (Å²) in [6.07, 6.45) is 0. The van der Waals surface area contributed by atoms with Crippen molar-refractivity contribution >= 4 is 50.1 Å². The first kappa shape index (κ1) is 17.8. The van der Waals surface area contributed by atoms with Gasteiger partial charge in [-0.05, 0) is 29.6 Å². The molecule has 0 atom stereocenters. The minimum atomic E-state index is -0.515. The van der Waals surface area contributed by atoms with E-state index in [-0.39, 0.29) is 5.82 Å². The van der Waals surface area contributed by atoms with Crippen LogP contribution in [0.3, 0.4) is 0 Å². The first-order chi connectivity index (χ1) is 14.2. The Morgan fingerprint density at radius 1 is 0.931 bits per heavy atom. The molecule has 0 radical (unpaired) electrons. The highest BCUT2D eigenvalue weighted by Crippen LogP contribution is 2.30.